The Balaban J connectivity index is 1.22. The fourth-order valence-corrected chi connectivity index (χ4v) is 4.34. The van der Waals surface area contributed by atoms with Gasteiger partial charge in [0.15, 0.2) is 5.96 Å². The zero-order valence-electron chi connectivity index (χ0n) is 18.6. The summed E-state index contributed by atoms with van der Waals surface area (Å²) < 4.78 is 14.1. The maximum atomic E-state index is 6.15. The molecule has 0 spiro atoms. The monoisotopic (exact) mass is 425 g/mol. The van der Waals surface area contributed by atoms with Gasteiger partial charge in [-0.2, -0.15) is 0 Å². The summed E-state index contributed by atoms with van der Waals surface area (Å²) in [5, 5.41) is 3.50. The summed E-state index contributed by atoms with van der Waals surface area (Å²) in [7, 11) is 1.85. The van der Waals surface area contributed by atoms with Gasteiger partial charge in [-0.15, -0.1) is 0 Å². The molecule has 168 valence electrons. The highest BCUT2D eigenvalue weighted by Crippen LogP contribution is 2.18. The molecule has 7 nitrogen and oxygen atoms in total. The second-order valence-corrected chi connectivity index (χ2v) is 8.37. The summed E-state index contributed by atoms with van der Waals surface area (Å²) in [5.74, 6) is 1.94. The molecular weight excluding hydrogens is 390 g/mol. The van der Waals surface area contributed by atoms with E-state index in [-0.39, 0.29) is 0 Å². The lowest BCUT2D eigenvalue weighted by molar-refractivity contribution is -0.0721. The third kappa shape index (κ3) is 6.31. The molecule has 7 heteroatoms. The largest absolute Gasteiger partial charge is 0.376 e. The van der Waals surface area contributed by atoms with Crippen molar-refractivity contribution in [1.82, 2.24) is 19.8 Å². The number of hydrogen-bond acceptors (Lipinski definition) is 4. The lowest BCUT2D eigenvalue weighted by Gasteiger charge is -2.35. The number of aromatic nitrogens is 2. The first-order valence-electron chi connectivity index (χ1n) is 11.5. The maximum absolute atomic E-state index is 6.15. The van der Waals surface area contributed by atoms with Crippen molar-refractivity contribution < 1.29 is 9.47 Å². The zero-order chi connectivity index (χ0) is 21.3. The fourth-order valence-electron chi connectivity index (χ4n) is 4.34. The summed E-state index contributed by atoms with van der Waals surface area (Å²) in [6.45, 7) is 5.01. The van der Waals surface area contributed by atoms with E-state index in [0.717, 1.165) is 63.9 Å². The van der Waals surface area contributed by atoms with Gasteiger partial charge in [-0.25, -0.2) is 4.98 Å². The molecule has 0 radical (unpaired) electrons. The van der Waals surface area contributed by atoms with Crippen molar-refractivity contribution in [2.45, 2.75) is 57.4 Å². The van der Waals surface area contributed by atoms with Crippen LogP contribution in [0.3, 0.4) is 0 Å². The van der Waals surface area contributed by atoms with Crippen molar-refractivity contribution in [3.63, 3.8) is 0 Å². The predicted molar refractivity (Wildman–Crippen MR) is 122 cm³/mol. The van der Waals surface area contributed by atoms with Crippen LogP contribution in [-0.4, -0.2) is 66.0 Å². The highest BCUT2D eigenvalue weighted by atomic mass is 16.5. The van der Waals surface area contributed by atoms with Crippen LogP contribution in [0.25, 0.3) is 0 Å². The second-order valence-electron chi connectivity index (χ2n) is 8.37. The summed E-state index contributed by atoms with van der Waals surface area (Å²) in [5.41, 5.74) is 1.27. The number of benzene rings is 1. The van der Waals surface area contributed by atoms with Crippen LogP contribution in [-0.2, 0) is 22.6 Å². The van der Waals surface area contributed by atoms with Crippen molar-refractivity contribution in [3.8, 4) is 0 Å². The topological polar surface area (TPSA) is 63.9 Å². The Labute approximate surface area is 185 Å². The first-order chi connectivity index (χ1) is 15.3. The van der Waals surface area contributed by atoms with E-state index in [2.05, 4.69) is 49.0 Å². The van der Waals surface area contributed by atoms with Gasteiger partial charge in [0.25, 0.3) is 0 Å². The van der Waals surface area contributed by atoms with Crippen LogP contribution >= 0.6 is 0 Å². The Hall–Kier alpha value is -2.38. The smallest absolute Gasteiger partial charge is 0.194 e. The maximum Gasteiger partial charge on any atom is 0.194 e. The molecule has 2 saturated heterocycles. The Bertz CT molecular complexity index is 808. The van der Waals surface area contributed by atoms with E-state index >= 15 is 0 Å². The first kappa shape index (κ1) is 21.8. The molecule has 1 atom stereocenters. The number of imidazole rings is 1. The number of likely N-dealkylation sites (tertiary alicyclic amines) is 1. The molecule has 2 aliphatic heterocycles. The molecule has 3 heterocycles. The van der Waals surface area contributed by atoms with Gasteiger partial charge in [0.2, 0.25) is 0 Å². The molecule has 4 rings (SSSR count). The molecule has 0 amide bonds. The minimum absolute atomic E-state index is 0.292. The molecule has 1 aromatic heterocycles. The van der Waals surface area contributed by atoms with E-state index in [4.69, 9.17) is 9.47 Å². The van der Waals surface area contributed by atoms with Gasteiger partial charge in [0.1, 0.15) is 5.82 Å². The van der Waals surface area contributed by atoms with Crippen molar-refractivity contribution in [2.75, 3.05) is 33.4 Å². The minimum Gasteiger partial charge on any atom is -0.376 e. The summed E-state index contributed by atoms with van der Waals surface area (Å²) in [4.78, 5) is 11.4. The quantitative estimate of drug-likeness (QED) is 0.546. The lowest BCUT2D eigenvalue weighted by Crippen LogP contribution is -2.47. The summed E-state index contributed by atoms with van der Waals surface area (Å²) >= 11 is 0. The number of nitrogens with zero attached hydrogens (tertiary/aromatic N) is 4. The van der Waals surface area contributed by atoms with E-state index in [9.17, 15) is 0 Å². The average molecular weight is 426 g/mol. The summed E-state index contributed by atoms with van der Waals surface area (Å²) in [6, 6.07) is 10.5. The van der Waals surface area contributed by atoms with Crippen molar-refractivity contribution in [1.29, 1.82) is 0 Å². The molecule has 1 aromatic carbocycles. The van der Waals surface area contributed by atoms with E-state index in [1.54, 1.807) is 0 Å². The average Bonchev–Trinajstić information content (AvgIpc) is 3.27. The molecule has 2 aliphatic rings. The van der Waals surface area contributed by atoms with Gasteiger partial charge in [-0.1, -0.05) is 30.3 Å². The van der Waals surface area contributed by atoms with Crippen LogP contribution in [0, 0.1) is 0 Å². The third-order valence-electron chi connectivity index (χ3n) is 6.15. The number of piperidine rings is 1. The molecule has 0 bridgehead atoms. The SMILES string of the molecule is CN=C(NCc1nccn1Cc1ccccc1)N1CCC(OCC2CCCCO2)CC1. The van der Waals surface area contributed by atoms with Gasteiger partial charge in [0.05, 0.1) is 25.4 Å². The van der Waals surface area contributed by atoms with Crippen LogP contribution in [0.4, 0.5) is 0 Å². The van der Waals surface area contributed by atoms with Crippen molar-refractivity contribution in [3.05, 3.63) is 54.1 Å². The number of ether oxygens (including phenoxy) is 2. The molecule has 1 N–H and O–H groups in total. The molecule has 2 fully saturated rings. The molecule has 0 saturated carbocycles. The highest BCUT2D eigenvalue weighted by Gasteiger charge is 2.24. The Kier molecular flexibility index (Phi) is 7.96. The molecule has 2 aromatic rings. The second kappa shape index (κ2) is 11.3. The standard InChI is InChI=1S/C24H35N5O2/c1-25-24(27-17-23-26-12-15-29(23)18-20-7-3-2-4-8-20)28-13-10-21(11-14-28)31-19-22-9-5-6-16-30-22/h2-4,7-8,12,15,21-22H,5-6,9-11,13-14,16-19H2,1H3,(H,25,27). The fraction of sp³-hybridized carbons (Fsp3) is 0.583. The van der Waals surface area contributed by atoms with E-state index < -0.39 is 0 Å². The lowest BCUT2D eigenvalue weighted by atomic mass is 10.1. The van der Waals surface area contributed by atoms with Crippen LogP contribution in [0.5, 0.6) is 0 Å². The van der Waals surface area contributed by atoms with E-state index in [1.165, 1.54) is 18.4 Å². The Morgan fingerprint density at radius 2 is 2.03 bits per heavy atom. The van der Waals surface area contributed by atoms with Gasteiger partial charge in [-0.3, -0.25) is 4.99 Å². The predicted octanol–water partition coefficient (Wildman–Crippen LogP) is 3.06. The zero-order valence-corrected chi connectivity index (χ0v) is 18.6. The molecule has 1 unspecified atom stereocenters. The number of hydrogen-bond donors (Lipinski definition) is 1. The van der Waals surface area contributed by atoms with Crippen LogP contribution < -0.4 is 5.32 Å². The Morgan fingerprint density at radius 3 is 2.77 bits per heavy atom. The normalized spacial score (nSPS) is 20.7. The number of rotatable bonds is 7. The number of aliphatic imine (C=N–C) groups is 1. The van der Waals surface area contributed by atoms with Crippen molar-refractivity contribution in [2.24, 2.45) is 4.99 Å². The third-order valence-corrected chi connectivity index (χ3v) is 6.15. The molecule has 31 heavy (non-hydrogen) atoms. The molecular formula is C24H35N5O2. The van der Waals surface area contributed by atoms with Gasteiger partial charge < -0.3 is 24.3 Å². The highest BCUT2D eigenvalue weighted by molar-refractivity contribution is 5.79. The van der Waals surface area contributed by atoms with Gasteiger partial charge in [0, 0.05) is 45.7 Å². The van der Waals surface area contributed by atoms with E-state index in [1.807, 2.05) is 25.5 Å². The van der Waals surface area contributed by atoms with Crippen molar-refractivity contribution >= 4 is 5.96 Å². The number of nitrogens with one attached hydrogen (secondary N) is 1. The van der Waals surface area contributed by atoms with E-state index in [0.29, 0.717) is 18.8 Å². The Morgan fingerprint density at radius 1 is 1.19 bits per heavy atom. The minimum atomic E-state index is 0.292. The van der Waals surface area contributed by atoms with Crippen LogP contribution in [0.1, 0.15) is 43.5 Å². The summed E-state index contributed by atoms with van der Waals surface area (Å²) in [6.07, 6.45) is 10.1. The van der Waals surface area contributed by atoms with Gasteiger partial charge >= 0.3 is 0 Å². The van der Waals surface area contributed by atoms with Gasteiger partial charge in [-0.05, 0) is 37.7 Å². The first-order valence-corrected chi connectivity index (χ1v) is 11.5. The number of guanidine groups is 1. The molecule has 0 aliphatic carbocycles. The van der Waals surface area contributed by atoms with Crippen LogP contribution in [0.2, 0.25) is 0 Å². The van der Waals surface area contributed by atoms with Crippen LogP contribution in [0.15, 0.2) is 47.7 Å².